The number of nitrogens with zero attached hydrogens (tertiary/aromatic N) is 7. The van der Waals surface area contributed by atoms with Crippen LogP contribution in [0.15, 0.2) is 85.2 Å². The lowest BCUT2D eigenvalue weighted by atomic mass is 9.93. The monoisotopic (exact) mass is 768 g/mol. The van der Waals surface area contributed by atoms with Crippen LogP contribution in [0.25, 0.3) is 22.3 Å². The van der Waals surface area contributed by atoms with E-state index < -0.39 is 0 Å². The molecule has 1 atom stereocenters. The second-order valence-electron chi connectivity index (χ2n) is 16.1. The molecule has 3 aromatic carbocycles. The molecule has 0 spiro atoms. The van der Waals surface area contributed by atoms with E-state index in [1.54, 1.807) is 6.33 Å². The smallest absolute Gasteiger partial charge is 0.249 e. The number of amides is 2. The predicted octanol–water partition coefficient (Wildman–Crippen LogP) is 6.10. The van der Waals surface area contributed by atoms with Crippen LogP contribution < -0.4 is 26.0 Å². The number of imide groups is 1. The molecule has 4 N–H and O–H groups in total. The van der Waals surface area contributed by atoms with Gasteiger partial charge in [-0.25, -0.2) is 14.6 Å². The maximum Gasteiger partial charge on any atom is 0.249 e. The third-order valence-electron chi connectivity index (χ3n) is 12.5. The van der Waals surface area contributed by atoms with Crippen LogP contribution in [0.3, 0.4) is 0 Å². The Morgan fingerprint density at radius 2 is 1.46 bits per heavy atom. The zero-order valence-corrected chi connectivity index (χ0v) is 32.4. The van der Waals surface area contributed by atoms with Crippen LogP contribution in [0.1, 0.15) is 57.4 Å². The van der Waals surface area contributed by atoms with Crippen molar-refractivity contribution in [2.75, 3.05) is 61.8 Å². The molecule has 57 heavy (non-hydrogen) atoms. The zero-order valence-electron chi connectivity index (χ0n) is 32.4. The van der Waals surface area contributed by atoms with Crippen LogP contribution in [0.5, 0.6) is 11.5 Å². The lowest BCUT2D eigenvalue weighted by Crippen LogP contribution is -2.49. The van der Waals surface area contributed by atoms with Crippen LogP contribution in [-0.4, -0.2) is 99.3 Å². The second-order valence-corrected chi connectivity index (χ2v) is 16.1. The number of ether oxygens (including phenoxy) is 1. The molecular formula is C44H52N10O3. The molecule has 4 aliphatic heterocycles. The lowest BCUT2D eigenvalue weighted by molar-refractivity contribution is -0.133. The highest BCUT2D eigenvalue weighted by Crippen LogP contribution is 2.36. The largest absolute Gasteiger partial charge is 0.457 e. The van der Waals surface area contributed by atoms with Gasteiger partial charge in [-0.15, -0.1) is 0 Å². The zero-order chi connectivity index (χ0) is 38.7. The summed E-state index contributed by atoms with van der Waals surface area (Å²) in [5.41, 5.74) is 11.2. The number of nitrogens with two attached hydrogens (primary N) is 1. The Kier molecular flexibility index (Phi) is 10.7. The molecule has 4 aliphatic rings. The summed E-state index contributed by atoms with van der Waals surface area (Å²) < 4.78 is 8.13. The van der Waals surface area contributed by atoms with Gasteiger partial charge < -0.3 is 30.5 Å². The number of aromatic nitrogens is 4. The van der Waals surface area contributed by atoms with E-state index in [1.165, 1.54) is 51.0 Å². The molecule has 6 heterocycles. The number of rotatable bonds is 10. The fourth-order valence-corrected chi connectivity index (χ4v) is 9.26. The summed E-state index contributed by atoms with van der Waals surface area (Å²) in [6.45, 7) is 7.79. The number of nitrogen functional groups attached to an aromatic ring is 1. The third kappa shape index (κ3) is 8.31. The van der Waals surface area contributed by atoms with Crippen molar-refractivity contribution in [2.24, 2.45) is 5.92 Å². The van der Waals surface area contributed by atoms with Gasteiger partial charge in [-0.1, -0.05) is 18.2 Å². The summed E-state index contributed by atoms with van der Waals surface area (Å²) in [5.74, 6) is 2.31. The van der Waals surface area contributed by atoms with Crippen LogP contribution in [0, 0.1) is 5.92 Å². The molecule has 13 heteroatoms. The summed E-state index contributed by atoms with van der Waals surface area (Å²) in [4.78, 5) is 40.5. The van der Waals surface area contributed by atoms with Gasteiger partial charge in [-0.3, -0.25) is 14.9 Å². The van der Waals surface area contributed by atoms with E-state index in [2.05, 4.69) is 52.1 Å². The van der Waals surface area contributed by atoms with Gasteiger partial charge in [0.25, 0.3) is 0 Å². The molecule has 4 saturated heterocycles. The molecule has 5 aromatic rings. The molecule has 2 amide bonds. The summed E-state index contributed by atoms with van der Waals surface area (Å²) in [5, 5.41) is 11.7. The Morgan fingerprint density at radius 1 is 0.754 bits per heavy atom. The van der Waals surface area contributed by atoms with Gasteiger partial charge in [-0.2, -0.15) is 5.10 Å². The van der Waals surface area contributed by atoms with E-state index >= 15 is 0 Å². The minimum Gasteiger partial charge on any atom is -0.457 e. The summed E-state index contributed by atoms with van der Waals surface area (Å²) in [6, 6.07) is 26.7. The van der Waals surface area contributed by atoms with Crippen molar-refractivity contribution in [2.45, 2.75) is 69.5 Å². The highest BCUT2D eigenvalue weighted by molar-refractivity contribution is 6.01. The van der Waals surface area contributed by atoms with Crippen molar-refractivity contribution in [1.82, 2.24) is 34.9 Å². The van der Waals surface area contributed by atoms with E-state index in [9.17, 15) is 9.59 Å². The van der Waals surface area contributed by atoms with Gasteiger partial charge in [-0.05, 0) is 125 Å². The van der Waals surface area contributed by atoms with Crippen LogP contribution >= 0.6 is 0 Å². The maximum absolute atomic E-state index is 12.1. The number of fused-ring (bicyclic) bond motifs is 1. The van der Waals surface area contributed by atoms with Crippen molar-refractivity contribution in [3.8, 4) is 22.8 Å². The molecule has 13 nitrogen and oxygen atoms in total. The van der Waals surface area contributed by atoms with Gasteiger partial charge in [0.15, 0.2) is 5.65 Å². The lowest BCUT2D eigenvalue weighted by Gasteiger charge is -2.43. The average Bonchev–Trinajstić information content (AvgIpc) is 3.64. The molecule has 9 rings (SSSR count). The highest BCUT2D eigenvalue weighted by Gasteiger charge is 2.32. The minimum atomic E-state index is -0.362. The van der Waals surface area contributed by atoms with Gasteiger partial charge in [0.1, 0.15) is 35.4 Å². The Bertz CT molecular complexity index is 2150. The Morgan fingerprint density at radius 3 is 2.18 bits per heavy atom. The number of anilines is 3. The standard InChI is InChI=1S/C44H52N10O3/c45-42-40-41(31-6-12-37(13-7-31)57-36-4-2-1-3-5-36)50-54(43(40)47-29-46-42)35-20-26-53(27-21-35)34-18-22-51(23-19-34)28-30-16-24-52(25-17-30)33-10-8-32(9-11-33)48-38-14-15-39(55)49-44(38)56/h1-13,29-30,34-35,38,48H,14-28H2,(H2,45,46,47)(H,49,55,56). The minimum absolute atomic E-state index is 0.193. The Hall–Kier alpha value is -5.53. The number of carbonyl (C=O) groups is 2. The fourth-order valence-electron chi connectivity index (χ4n) is 9.26. The molecule has 0 aliphatic carbocycles. The van der Waals surface area contributed by atoms with E-state index in [0.29, 0.717) is 24.7 Å². The van der Waals surface area contributed by atoms with Gasteiger partial charge >= 0.3 is 0 Å². The normalized spacial score (nSPS) is 20.8. The van der Waals surface area contributed by atoms with Crippen LogP contribution in [0.4, 0.5) is 17.2 Å². The van der Waals surface area contributed by atoms with E-state index in [1.807, 2.05) is 66.7 Å². The van der Waals surface area contributed by atoms with Crippen molar-refractivity contribution in [3.63, 3.8) is 0 Å². The van der Waals surface area contributed by atoms with Gasteiger partial charge in [0.2, 0.25) is 11.8 Å². The number of hydrogen-bond acceptors (Lipinski definition) is 11. The van der Waals surface area contributed by atoms with Crippen molar-refractivity contribution < 1.29 is 14.3 Å². The van der Waals surface area contributed by atoms with E-state index in [4.69, 9.17) is 15.6 Å². The number of carbonyl (C=O) groups excluding carboxylic acids is 2. The number of hydrogen-bond donors (Lipinski definition) is 3. The van der Waals surface area contributed by atoms with Crippen molar-refractivity contribution >= 4 is 40.0 Å². The first-order chi connectivity index (χ1) is 27.9. The number of piperidine rings is 4. The first-order valence-electron chi connectivity index (χ1n) is 20.7. The molecular weight excluding hydrogens is 717 g/mol. The Balaban J connectivity index is 0.738. The number of benzene rings is 3. The summed E-state index contributed by atoms with van der Waals surface area (Å²) >= 11 is 0. The molecule has 0 saturated carbocycles. The fraction of sp³-hybridized carbons (Fsp3) is 0.432. The topological polar surface area (TPSA) is 147 Å². The molecule has 0 radical (unpaired) electrons. The summed E-state index contributed by atoms with van der Waals surface area (Å²) in [6.07, 6.45) is 9.38. The molecule has 0 bridgehead atoms. The predicted molar refractivity (Wildman–Crippen MR) is 222 cm³/mol. The highest BCUT2D eigenvalue weighted by atomic mass is 16.5. The quantitative estimate of drug-likeness (QED) is 0.142. The number of likely N-dealkylation sites (tertiary alicyclic amines) is 2. The van der Waals surface area contributed by atoms with Crippen LogP contribution in [-0.2, 0) is 9.59 Å². The second kappa shape index (κ2) is 16.5. The number of nitrogens with one attached hydrogen (secondary N) is 2. The van der Waals surface area contributed by atoms with Gasteiger partial charge in [0.05, 0.1) is 11.4 Å². The maximum atomic E-state index is 12.1. The first kappa shape index (κ1) is 37.1. The van der Waals surface area contributed by atoms with Gasteiger partial charge in [0, 0.05) is 62.1 Å². The Labute approximate surface area is 333 Å². The van der Waals surface area contributed by atoms with E-state index in [0.717, 1.165) is 84.4 Å². The first-order valence-corrected chi connectivity index (χ1v) is 20.7. The molecule has 2 aromatic heterocycles. The summed E-state index contributed by atoms with van der Waals surface area (Å²) in [7, 11) is 0. The third-order valence-corrected chi connectivity index (χ3v) is 12.5. The van der Waals surface area contributed by atoms with Crippen molar-refractivity contribution in [3.05, 3.63) is 85.2 Å². The van der Waals surface area contributed by atoms with Crippen molar-refractivity contribution in [1.29, 1.82) is 0 Å². The van der Waals surface area contributed by atoms with E-state index in [-0.39, 0.29) is 23.9 Å². The molecule has 296 valence electrons. The van der Waals surface area contributed by atoms with Crippen LogP contribution in [0.2, 0.25) is 0 Å². The molecule has 4 fully saturated rings. The number of para-hydroxylation sites is 1. The molecule has 1 unspecified atom stereocenters. The average molecular weight is 769 g/mol. The SMILES string of the molecule is Nc1ncnc2c1c(-c1ccc(Oc3ccccc3)cc1)nn2C1CCN(C2CCN(CC3CCN(c4ccc(NC5CCC(=O)NC5=O)cc4)CC3)CC2)CC1.